The zero-order valence-electron chi connectivity index (χ0n) is 10.4. The number of halogens is 2. The Kier molecular flexibility index (Phi) is 4.93. The predicted molar refractivity (Wildman–Crippen MR) is 77.7 cm³/mol. The number of hydrogen-bond donors (Lipinski definition) is 1. The summed E-state index contributed by atoms with van der Waals surface area (Å²) in [6, 6.07) is 14.1. The summed E-state index contributed by atoms with van der Waals surface area (Å²) in [6.45, 7) is 0.401. The van der Waals surface area contributed by atoms with E-state index in [4.69, 9.17) is 10.5 Å². The van der Waals surface area contributed by atoms with Crippen LogP contribution < -0.4 is 10.5 Å². The van der Waals surface area contributed by atoms with E-state index in [2.05, 4.69) is 15.9 Å². The topological polar surface area (TPSA) is 35.2 Å². The third-order valence-corrected chi connectivity index (χ3v) is 3.09. The highest BCUT2D eigenvalue weighted by molar-refractivity contribution is 9.10. The first-order valence-corrected chi connectivity index (χ1v) is 6.81. The van der Waals surface area contributed by atoms with Crippen molar-refractivity contribution in [2.45, 2.75) is 12.5 Å². The van der Waals surface area contributed by atoms with E-state index in [0.717, 1.165) is 15.8 Å². The molecule has 0 bridgehead atoms. The second kappa shape index (κ2) is 6.68. The minimum atomic E-state index is -0.263. The summed E-state index contributed by atoms with van der Waals surface area (Å²) in [6.07, 6.45) is 0.573. The lowest BCUT2D eigenvalue weighted by Gasteiger charge is -2.13. The highest BCUT2D eigenvalue weighted by atomic mass is 79.9. The van der Waals surface area contributed by atoms with Crippen LogP contribution in [-0.4, -0.2) is 12.6 Å². The SMILES string of the molecule is NC(COc1ccccc1)Cc1cc(F)cc(Br)c1. The molecule has 1 atom stereocenters. The van der Waals surface area contributed by atoms with Crippen LogP contribution in [0, 0.1) is 5.82 Å². The predicted octanol–water partition coefficient (Wildman–Crippen LogP) is 3.54. The number of rotatable bonds is 5. The zero-order chi connectivity index (χ0) is 13.7. The summed E-state index contributed by atoms with van der Waals surface area (Å²) in [5.41, 5.74) is 6.85. The third kappa shape index (κ3) is 4.65. The van der Waals surface area contributed by atoms with Gasteiger partial charge in [0.1, 0.15) is 18.2 Å². The van der Waals surface area contributed by atoms with Gasteiger partial charge in [0.2, 0.25) is 0 Å². The maximum absolute atomic E-state index is 13.2. The van der Waals surface area contributed by atoms with Gasteiger partial charge in [-0.05, 0) is 42.3 Å². The van der Waals surface area contributed by atoms with Crippen LogP contribution in [0.25, 0.3) is 0 Å². The fourth-order valence-electron chi connectivity index (χ4n) is 1.81. The van der Waals surface area contributed by atoms with Crippen LogP contribution in [0.15, 0.2) is 53.0 Å². The molecule has 2 nitrogen and oxygen atoms in total. The van der Waals surface area contributed by atoms with Gasteiger partial charge in [-0.25, -0.2) is 4.39 Å². The van der Waals surface area contributed by atoms with Crippen molar-refractivity contribution in [1.82, 2.24) is 0 Å². The van der Waals surface area contributed by atoms with Crippen molar-refractivity contribution in [1.29, 1.82) is 0 Å². The molecule has 0 fully saturated rings. The number of para-hydroxylation sites is 1. The molecule has 2 aromatic carbocycles. The highest BCUT2D eigenvalue weighted by Crippen LogP contribution is 2.16. The first-order valence-electron chi connectivity index (χ1n) is 6.02. The quantitative estimate of drug-likeness (QED) is 0.913. The summed E-state index contributed by atoms with van der Waals surface area (Å²) in [7, 11) is 0. The fourth-order valence-corrected chi connectivity index (χ4v) is 2.32. The Morgan fingerprint density at radius 1 is 1.16 bits per heavy atom. The highest BCUT2D eigenvalue weighted by Gasteiger charge is 2.07. The second-order valence-corrected chi connectivity index (χ2v) is 5.28. The molecule has 100 valence electrons. The van der Waals surface area contributed by atoms with Crippen LogP contribution in [0.4, 0.5) is 4.39 Å². The standard InChI is InChI=1S/C15H15BrFNO/c16-12-6-11(7-13(17)9-12)8-14(18)10-19-15-4-2-1-3-5-15/h1-7,9,14H,8,10,18H2. The number of hydrogen-bond acceptors (Lipinski definition) is 2. The van der Waals surface area contributed by atoms with Crippen LogP contribution >= 0.6 is 15.9 Å². The molecule has 0 aliphatic heterocycles. The van der Waals surface area contributed by atoms with Gasteiger partial charge in [-0.3, -0.25) is 0 Å². The van der Waals surface area contributed by atoms with Crippen molar-refractivity contribution in [2.24, 2.45) is 5.73 Å². The van der Waals surface area contributed by atoms with Gasteiger partial charge < -0.3 is 10.5 Å². The van der Waals surface area contributed by atoms with Crippen LogP contribution in [0.5, 0.6) is 5.75 Å². The molecule has 0 saturated heterocycles. The maximum atomic E-state index is 13.2. The molecule has 0 radical (unpaired) electrons. The van der Waals surface area contributed by atoms with Crippen LogP contribution in [0.1, 0.15) is 5.56 Å². The first-order chi connectivity index (χ1) is 9.13. The molecule has 0 amide bonds. The molecule has 1 unspecified atom stereocenters. The average Bonchev–Trinajstić information content (AvgIpc) is 2.36. The zero-order valence-corrected chi connectivity index (χ0v) is 11.9. The second-order valence-electron chi connectivity index (χ2n) is 4.37. The molecule has 0 spiro atoms. The molecular weight excluding hydrogens is 309 g/mol. The number of ether oxygens (including phenoxy) is 1. The maximum Gasteiger partial charge on any atom is 0.124 e. The van der Waals surface area contributed by atoms with Crippen molar-refractivity contribution < 1.29 is 9.13 Å². The van der Waals surface area contributed by atoms with Gasteiger partial charge in [0.15, 0.2) is 0 Å². The lowest BCUT2D eigenvalue weighted by molar-refractivity contribution is 0.287. The Bertz CT molecular complexity index is 513. The molecule has 2 rings (SSSR count). The minimum absolute atomic E-state index is 0.172. The average molecular weight is 324 g/mol. The van der Waals surface area contributed by atoms with E-state index >= 15 is 0 Å². The monoisotopic (exact) mass is 323 g/mol. The fraction of sp³-hybridized carbons (Fsp3) is 0.200. The minimum Gasteiger partial charge on any atom is -0.492 e. The van der Waals surface area contributed by atoms with E-state index < -0.39 is 0 Å². The van der Waals surface area contributed by atoms with Gasteiger partial charge in [-0.15, -0.1) is 0 Å². The van der Waals surface area contributed by atoms with E-state index in [1.807, 2.05) is 36.4 Å². The molecule has 0 heterocycles. The summed E-state index contributed by atoms with van der Waals surface area (Å²) >= 11 is 3.27. The van der Waals surface area contributed by atoms with Crippen molar-refractivity contribution in [3.63, 3.8) is 0 Å². The van der Waals surface area contributed by atoms with Gasteiger partial charge in [0.05, 0.1) is 0 Å². The Labute approximate surface area is 120 Å². The Morgan fingerprint density at radius 3 is 2.58 bits per heavy atom. The van der Waals surface area contributed by atoms with Gasteiger partial charge in [-0.1, -0.05) is 34.1 Å². The molecule has 0 aliphatic carbocycles. The molecule has 0 aromatic heterocycles. The van der Waals surface area contributed by atoms with Crippen molar-refractivity contribution in [3.05, 3.63) is 64.4 Å². The van der Waals surface area contributed by atoms with Crippen LogP contribution in [0.2, 0.25) is 0 Å². The molecule has 4 heteroatoms. The molecule has 2 aromatic rings. The van der Waals surface area contributed by atoms with Crippen LogP contribution in [0.3, 0.4) is 0 Å². The van der Waals surface area contributed by atoms with E-state index in [9.17, 15) is 4.39 Å². The summed E-state index contributed by atoms with van der Waals surface area (Å²) in [4.78, 5) is 0. The van der Waals surface area contributed by atoms with Gasteiger partial charge >= 0.3 is 0 Å². The number of nitrogens with two attached hydrogens (primary N) is 1. The molecule has 0 saturated carbocycles. The molecule has 2 N–H and O–H groups in total. The van der Waals surface area contributed by atoms with E-state index in [0.29, 0.717) is 13.0 Å². The Hall–Kier alpha value is -1.39. The van der Waals surface area contributed by atoms with E-state index in [1.54, 1.807) is 0 Å². The van der Waals surface area contributed by atoms with Gasteiger partial charge in [0.25, 0.3) is 0 Å². The van der Waals surface area contributed by atoms with Crippen molar-refractivity contribution in [3.8, 4) is 5.75 Å². The summed E-state index contributed by atoms with van der Waals surface area (Å²) in [5, 5.41) is 0. The van der Waals surface area contributed by atoms with E-state index in [1.165, 1.54) is 12.1 Å². The molecule has 19 heavy (non-hydrogen) atoms. The van der Waals surface area contributed by atoms with Gasteiger partial charge in [-0.2, -0.15) is 0 Å². The Balaban J connectivity index is 1.89. The van der Waals surface area contributed by atoms with Crippen LogP contribution in [-0.2, 0) is 6.42 Å². The van der Waals surface area contributed by atoms with Crippen molar-refractivity contribution >= 4 is 15.9 Å². The summed E-state index contributed by atoms with van der Waals surface area (Å²) < 4.78 is 19.5. The van der Waals surface area contributed by atoms with Crippen molar-refractivity contribution in [2.75, 3.05) is 6.61 Å². The lowest BCUT2D eigenvalue weighted by Crippen LogP contribution is -2.30. The lowest BCUT2D eigenvalue weighted by atomic mass is 10.1. The van der Waals surface area contributed by atoms with Gasteiger partial charge in [0, 0.05) is 10.5 Å². The summed E-state index contributed by atoms with van der Waals surface area (Å²) in [5.74, 6) is 0.527. The Morgan fingerprint density at radius 2 is 1.89 bits per heavy atom. The normalized spacial score (nSPS) is 12.2. The first kappa shape index (κ1) is 14.0. The molecular formula is C15H15BrFNO. The molecule has 0 aliphatic rings. The largest absolute Gasteiger partial charge is 0.492 e. The number of benzene rings is 2. The third-order valence-electron chi connectivity index (χ3n) is 2.63. The van der Waals surface area contributed by atoms with E-state index in [-0.39, 0.29) is 11.9 Å². The smallest absolute Gasteiger partial charge is 0.124 e.